The SMILES string of the molecule is CC1N(C(=O)O)c2cccc(Cc3ccccc3)c2C1(C)C. The average Bonchev–Trinajstić information content (AvgIpc) is 2.68. The predicted octanol–water partition coefficient (Wildman–Crippen LogP) is 4.44. The molecule has 0 spiro atoms. The molecule has 1 unspecified atom stereocenters. The summed E-state index contributed by atoms with van der Waals surface area (Å²) in [6, 6.07) is 16.2. The Morgan fingerprint density at radius 2 is 1.82 bits per heavy atom. The van der Waals surface area contributed by atoms with Crippen LogP contribution < -0.4 is 4.90 Å². The van der Waals surface area contributed by atoms with Gasteiger partial charge in [-0.05, 0) is 36.1 Å². The van der Waals surface area contributed by atoms with Crippen LogP contribution in [0.25, 0.3) is 0 Å². The normalized spacial score (nSPS) is 19.0. The van der Waals surface area contributed by atoms with E-state index in [4.69, 9.17) is 0 Å². The van der Waals surface area contributed by atoms with E-state index < -0.39 is 6.09 Å². The van der Waals surface area contributed by atoms with Crippen LogP contribution in [0.2, 0.25) is 0 Å². The third-order valence-corrected chi connectivity index (χ3v) is 4.91. The summed E-state index contributed by atoms with van der Waals surface area (Å²) in [5.41, 5.74) is 4.25. The van der Waals surface area contributed by atoms with Crippen LogP contribution in [-0.2, 0) is 11.8 Å². The van der Waals surface area contributed by atoms with Gasteiger partial charge in [0.15, 0.2) is 0 Å². The number of rotatable bonds is 2. The minimum absolute atomic E-state index is 0.0723. The maximum absolute atomic E-state index is 11.7. The number of hydrogen-bond donors (Lipinski definition) is 1. The first kappa shape index (κ1) is 14.6. The van der Waals surface area contributed by atoms with Gasteiger partial charge < -0.3 is 5.11 Å². The summed E-state index contributed by atoms with van der Waals surface area (Å²) in [4.78, 5) is 13.2. The molecule has 22 heavy (non-hydrogen) atoms. The topological polar surface area (TPSA) is 40.5 Å². The Kier molecular flexibility index (Phi) is 3.44. The van der Waals surface area contributed by atoms with E-state index in [1.54, 1.807) is 0 Å². The molecule has 1 N–H and O–H groups in total. The summed E-state index contributed by atoms with van der Waals surface area (Å²) in [5, 5.41) is 9.57. The highest BCUT2D eigenvalue weighted by Gasteiger charge is 2.45. The molecule has 2 aromatic carbocycles. The van der Waals surface area contributed by atoms with Crippen LogP contribution in [0, 0.1) is 0 Å². The lowest BCUT2D eigenvalue weighted by molar-refractivity contribution is 0.198. The molecule has 1 aliphatic heterocycles. The fourth-order valence-electron chi connectivity index (χ4n) is 3.50. The van der Waals surface area contributed by atoms with Crippen LogP contribution >= 0.6 is 0 Å². The van der Waals surface area contributed by atoms with Gasteiger partial charge in [-0.3, -0.25) is 4.90 Å². The molecule has 0 aromatic heterocycles. The lowest BCUT2D eigenvalue weighted by Gasteiger charge is -2.28. The second kappa shape index (κ2) is 5.16. The van der Waals surface area contributed by atoms with Crippen LogP contribution in [-0.4, -0.2) is 17.2 Å². The number of anilines is 1. The van der Waals surface area contributed by atoms with Crippen molar-refractivity contribution in [2.24, 2.45) is 0 Å². The van der Waals surface area contributed by atoms with Crippen molar-refractivity contribution < 1.29 is 9.90 Å². The van der Waals surface area contributed by atoms with Crippen LogP contribution in [0.15, 0.2) is 48.5 Å². The molecule has 0 saturated carbocycles. The number of nitrogens with zero attached hydrogens (tertiary/aromatic N) is 1. The maximum Gasteiger partial charge on any atom is 0.412 e. The van der Waals surface area contributed by atoms with Gasteiger partial charge in [0.25, 0.3) is 0 Å². The molecule has 1 heterocycles. The molecule has 0 fully saturated rings. The number of amides is 1. The van der Waals surface area contributed by atoms with Gasteiger partial charge in [0, 0.05) is 11.5 Å². The molecule has 1 amide bonds. The minimum atomic E-state index is -0.879. The van der Waals surface area contributed by atoms with E-state index in [0.29, 0.717) is 0 Å². The highest BCUT2D eigenvalue weighted by molar-refractivity contribution is 5.91. The van der Waals surface area contributed by atoms with E-state index in [2.05, 4.69) is 32.0 Å². The van der Waals surface area contributed by atoms with Crippen molar-refractivity contribution in [3.05, 3.63) is 65.2 Å². The Morgan fingerprint density at radius 1 is 1.14 bits per heavy atom. The Bertz CT molecular complexity index is 707. The quantitative estimate of drug-likeness (QED) is 0.889. The lowest BCUT2D eigenvalue weighted by atomic mass is 9.78. The Hall–Kier alpha value is -2.29. The second-order valence-corrected chi connectivity index (χ2v) is 6.52. The standard InChI is InChI=1S/C19H21NO2/c1-13-19(2,3)17-15(12-14-8-5-4-6-9-14)10-7-11-16(17)20(13)18(21)22/h4-11,13H,12H2,1-3H3,(H,21,22). The molecule has 3 nitrogen and oxygen atoms in total. The zero-order valence-electron chi connectivity index (χ0n) is 13.2. The molecule has 3 heteroatoms. The van der Waals surface area contributed by atoms with E-state index in [9.17, 15) is 9.90 Å². The van der Waals surface area contributed by atoms with Gasteiger partial charge in [-0.15, -0.1) is 0 Å². The summed E-state index contributed by atoms with van der Waals surface area (Å²) in [6.07, 6.45) is -0.0515. The monoisotopic (exact) mass is 295 g/mol. The van der Waals surface area contributed by atoms with Crippen molar-refractivity contribution in [3.63, 3.8) is 0 Å². The predicted molar refractivity (Wildman–Crippen MR) is 88.7 cm³/mol. The van der Waals surface area contributed by atoms with Crippen LogP contribution in [0.1, 0.15) is 37.5 Å². The first-order valence-electron chi connectivity index (χ1n) is 7.61. The molecule has 2 aromatic rings. The summed E-state index contributed by atoms with van der Waals surface area (Å²) < 4.78 is 0. The number of fused-ring (bicyclic) bond motifs is 1. The fraction of sp³-hybridized carbons (Fsp3) is 0.316. The summed E-state index contributed by atoms with van der Waals surface area (Å²) in [6.45, 7) is 6.25. The van der Waals surface area contributed by atoms with Gasteiger partial charge in [-0.1, -0.05) is 56.3 Å². The van der Waals surface area contributed by atoms with Crippen molar-refractivity contribution in [1.29, 1.82) is 0 Å². The zero-order valence-corrected chi connectivity index (χ0v) is 13.2. The maximum atomic E-state index is 11.7. The van der Waals surface area contributed by atoms with Gasteiger partial charge in [-0.2, -0.15) is 0 Å². The smallest absolute Gasteiger partial charge is 0.412 e. The van der Waals surface area contributed by atoms with E-state index in [1.165, 1.54) is 16.0 Å². The third kappa shape index (κ3) is 2.17. The molecule has 0 saturated heterocycles. The number of carboxylic acid groups (broad SMARTS) is 1. The molecular weight excluding hydrogens is 274 g/mol. The first-order chi connectivity index (χ1) is 10.4. The van der Waals surface area contributed by atoms with Crippen LogP contribution in [0.3, 0.4) is 0 Å². The molecule has 1 atom stereocenters. The highest BCUT2D eigenvalue weighted by atomic mass is 16.4. The molecule has 0 aliphatic carbocycles. The Balaban J connectivity index is 2.11. The van der Waals surface area contributed by atoms with Crippen LogP contribution in [0.4, 0.5) is 10.5 Å². The fourth-order valence-corrected chi connectivity index (χ4v) is 3.50. The van der Waals surface area contributed by atoms with Gasteiger partial charge in [0.2, 0.25) is 0 Å². The van der Waals surface area contributed by atoms with Crippen molar-refractivity contribution in [2.45, 2.75) is 38.6 Å². The van der Waals surface area contributed by atoms with Gasteiger partial charge in [0.05, 0.1) is 5.69 Å². The molecular formula is C19H21NO2. The molecule has 0 radical (unpaired) electrons. The van der Waals surface area contributed by atoms with Gasteiger partial charge >= 0.3 is 6.09 Å². The largest absolute Gasteiger partial charge is 0.465 e. The summed E-state index contributed by atoms with van der Waals surface area (Å²) in [7, 11) is 0. The van der Waals surface area contributed by atoms with Crippen molar-refractivity contribution in [1.82, 2.24) is 0 Å². The lowest BCUT2D eigenvalue weighted by Crippen LogP contribution is -2.42. The van der Waals surface area contributed by atoms with E-state index in [1.807, 2.05) is 37.3 Å². The molecule has 0 bridgehead atoms. The average molecular weight is 295 g/mol. The number of hydrogen-bond acceptors (Lipinski definition) is 1. The van der Waals surface area contributed by atoms with Crippen LogP contribution in [0.5, 0.6) is 0 Å². The van der Waals surface area contributed by atoms with Crippen molar-refractivity contribution in [2.75, 3.05) is 4.90 Å². The minimum Gasteiger partial charge on any atom is -0.465 e. The van der Waals surface area contributed by atoms with E-state index in [-0.39, 0.29) is 11.5 Å². The van der Waals surface area contributed by atoms with Crippen molar-refractivity contribution >= 4 is 11.8 Å². The van der Waals surface area contributed by atoms with E-state index >= 15 is 0 Å². The number of carbonyl (C=O) groups is 1. The van der Waals surface area contributed by atoms with Gasteiger partial charge in [-0.25, -0.2) is 4.79 Å². The summed E-state index contributed by atoms with van der Waals surface area (Å²) in [5.74, 6) is 0. The van der Waals surface area contributed by atoms with Crippen molar-refractivity contribution in [3.8, 4) is 0 Å². The molecule has 114 valence electrons. The number of benzene rings is 2. The molecule has 1 aliphatic rings. The van der Waals surface area contributed by atoms with E-state index in [0.717, 1.165) is 17.7 Å². The molecule has 3 rings (SSSR count). The third-order valence-electron chi connectivity index (χ3n) is 4.91. The Labute approximate surface area is 131 Å². The Morgan fingerprint density at radius 3 is 2.45 bits per heavy atom. The summed E-state index contributed by atoms with van der Waals surface area (Å²) >= 11 is 0. The zero-order chi connectivity index (χ0) is 15.9. The highest BCUT2D eigenvalue weighted by Crippen LogP contribution is 2.47. The van der Waals surface area contributed by atoms with Gasteiger partial charge in [0.1, 0.15) is 0 Å². The first-order valence-corrected chi connectivity index (χ1v) is 7.61. The second-order valence-electron chi connectivity index (χ2n) is 6.52.